The number of hydrogen-bond donors (Lipinski definition) is 1. The molecule has 0 bridgehead atoms. The highest BCUT2D eigenvalue weighted by Gasteiger charge is 2.29. The second kappa shape index (κ2) is 9.54. The largest absolute Gasteiger partial charge is 0.493 e. The maximum Gasteiger partial charge on any atom is 0.305 e. The van der Waals surface area contributed by atoms with Crippen molar-refractivity contribution >= 4 is 23.6 Å². The Kier molecular flexibility index (Phi) is 7.39. The average molecular weight is 353 g/mol. The van der Waals surface area contributed by atoms with Crippen molar-refractivity contribution in [2.75, 3.05) is 38.4 Å². The van der Waals surface area contributed by atoms with Crippen LogP contribution in [0.2, 0.25) is 0 Å². The number of methoxy groups -OCH3 is 1. The van der Waals surface area contributed by atoms with E-state index < -0.39 is 5.97 Å². The van der Waals surface area contributed by atoms with Crippen molar-refractivity contribution in [3.8, 4) is 5.75 Å². The van der Waals surface area contributed by atoms with Crippen LogP contribution in [0.3, 0.4) is 0 Å². The first kappa shape index (κ1) is 18.6. The second-order valence-corrected chi connectivity index (χ2v) is 6.70. The van der Waals surface area contributed by atoms with Crippen molar-refractivity contribution in [1.29, 1.82) is 0 Å². The average Bonchev–Trinajstić information content (AvgIpc) is 2.58. The van der Waals surface area contributed by atoms with E-state index in [2.05, 4.69) is 0 Å². The highest BCUT2D eigenvalue weighted by molar-refractivity contribution is 7.99. The predicted molar refractivity (Wildman–Crippen MR) is 92.8 cm³/mol. The minimum absolute atomic E-state index is 0.0219. The Morgan fingerprint density at radius 2 is 2.21 bits per heavy atom. The molecule has 0 aliphatic carbocycles. The van der Waals surface area contributed by atoms with Gasteiger partial charge in [-0.05, 0) is 18.2 Å². The topological polar surface area (TPSA) is 76.1 Å². The molecule has 7 heteroatoms. The maximum absolute atomic E-state index is 12.8. The summed E-state index contributed by atoms with van der Waals surface area (Å²) in [6.07, 6.45) is 0.755. The first-order chi connectivity index (χ1) is 11.6. The smallest absolute Gasteiger partial charge is 0.305 e. The molecule has 1 unspecified atom stereocenters. The molecule has 6 nitrogen and oxygen atoms in total. The molecule has 0 radical (unpaired) electrons. The molecule has 0 aromatic heterocycles. The van der Waals surface area contributed by atoms with Crippen molar-refractivity contribution in [2.24, 2.45) is 0 Å². The van der Waals surface area contributed by atoms with E-state index in [4.69, 9.17) is 14.6 Å². The third-order valence-electron chi connectivity index (χ3n) is 3.74. The summed E-state index contributed by atoms with van der Waals surface area (Å²) >= 11 is 1.69. The van der Waals surface area contributed by atoms with E-state index in [1.54, 1.807) is 42.0 Å². The molecule has 1 aromatic carbocycles. The van der Waals surface area contributed by atoms with Gasteiger partial charge in [-0.1, -0.05) is 6.07 Å². The zero-order valence-electron chi connectivity index (χ0n) is 13.8. The van der Waals surface area contributed by atoms with Crippen LogP contribution in [0.25, 0.3) is 0 Å². The van der Waals surface area contributed by atoms with E-state index in [-0.39, 0.29) is 18.4 Å². The fraction of sp³-hybridized carbons (Fsp3) is 0.529. The van der Waals surface area contributed by atoms with Crippen LogP contribution in [0, 0.1) is 0 Å². The van der Waals surface area contributed by atoms with Gasteiger partial charge in [-0.15, -0.1) is 0 Å². The van der Waals surface area contributed by atoms with Crippen molar-refractivity contribution in [2.45, 2.75) is 18.9 Å². The molecule has 1 heterocycles. The SMILES string of the molecule is COCCCOc1cccc(C(=O)N2CCSCC2CC(=O)O)c1. The minimum atomic E-state index is -0.879. The van der Waals surface area contributed by atoms with Crippen molar-refractivity contribution in [1.82, 2.24) is 4.90 Å². The van der Waals surface area contributed by atoms with E-state index in [0.717, 1.165) is 12.2 Å². The second-order valence-electron chi connectivity index (χ2n) is 5.55. The fourth-order valence-electron chi connectivity index (χ4n) is 2.57. The molecule has 132 valence electrons. The molecule has 1 amide bonds. The number of benzene rings is 1. The Bertz CT molecular complexity index is 566. The van der Waals surface area contributed by atoms with Crippen LogP contribution in [0.5, 0.6) is 5.75 Å². The number of amides is 1. The Balaban J connectivity index is 2.03. The lowest BCUT2D eigenvalue weighted by Gasteiger charge is -2.34. The van der Waals surface area contributed by atoms with Gasteiger partial charge in [-0.2, -0.15) is 11.8 Å². The van der Waals surface area contributed by atoms with Gasteiger partial charge in [0.1, 0.15) is 5.75 Å². The fourth-order valence-corrected chi connectivity index (χ4v) is 3.63. The van der Waals surface area contributed by atoms with Gasteiger partial charge in [0, 0.05) is 43.8 Å². The van der Waals surface area contributed by atoms with Crippen LogP contribution < -0.4 is 4.74 Å². The van der Waals surface area contributed by atoms with E-state index in [1.165, 1.54) is 0 Å². The molecule has 1 fully saturated rings. The third-order valence-corrected chi connectivity index (χ3v) is 4.83. The summed E-state index contributed by atoms with van der Waals surface area (Å²) < 4.78 is 10.6. The van der Waals surface area contributed by atoms with Gasteiger partial charge in [0.05, 0.1) is 19.1 Å². The molecular formula is C17H23NO5S. The van der Waals surface area contributed by atoms with Crippen LogP contribution in [-0.4, -0.2) is 66.3 Å². The zero-order chi connectivity index (χ0) is 17.4. The number of hydrogen-bond acceptors (Lipinski definition) is 5. The molecule has 1 aliphatic rings. The molecule has 24 heavy (non-hydrogen) atoms. The molecule has 1 saturated heterocycles. The Morgan fingerprint density at radius 3 is 2.96 bits per heavy atom. The summed E-state index contributed by atoms with van der Waals surface area (Å²) in [5.74, 6) is 1.11. The van der Waals surface area contributed by atoms with Gasteiger partial charge in [0.2, 0.25) is 0 Å². The van der Waals surface area contributed by atoms with Gasteiger partial charge in [0.25, 0.3) is 5.91 Å². The summed E-state index contributed by atoms with van der Waals surface area (Å²) in [4.78, 5) is 25.5. The Morgan fingerprint density at radius 1 is 1.38 bits per heavy atom. The Labute approximate surface area is 146 Å². The zero-order valence-corrected chi connectivity index (χ0v) is 14.6. The first-order valence-electron chi connectivity index (χ1n) is 7.94. The lowest BCUT2D eigenvalue weighted by atomic mass is 10.1. The summed E-state index contributed by atoms with van der Waals surface area (Å²) in [6, 6.07) is 6.78. The van der Waals surface area contributed by atoms with Gasteiger partial charge in [-0.25, -0.2) is 0 Å². The number of aliphatic carboxylic acids is 1. The van der Waals surface area contributed by atoms with Gasteiger partial charge in [-0.3, -0.25) is 9.59 Å². The number of carboxylic acid groups (broad SMARTS) is 1. The first-order valence-corrected chi connectivity index (χ1v) is 9.09. The summed E-state index contributed by atoms with van der Waals surface area (Å²) in [6.45, 7) is 1.72. The van der Waals surface area contributed by atoms with Crippen LogP contribution in [-0.2, 0) is 9.53 Å². The molecule has 2 rings (SSSR count). The molecule has 1 atom stereocenters. The van der Waals surface area contributed by atoms with Gasteiger partial charge < -0.3 is 19.5 Å². The molecule has 1 N–H and O–H groups in total. The minimum Gasteiger partial charge on any atom is -0.493 e. The van der Waals surface area contributed by atoms with E-state index in [0.29, 0.717) is 36.8 Å². The van der Waals surface area contributed by atoms with Crippen LogP contribution in [0.4, 0.5) is 0 Å². The van der Waals surface area contributed by atoms with E-state index in [9.17, 15) is 9.59 Å². The van der Waals surface area contributed by atoms with Gasteiger partial charge in [0.15, 0.2) is 0 Å². The summed E-state index contributed by atoms with van der Waals surface area (Å²) in [5, 5.41) is 9.04. The third kappa shape index (κ3) is 5.42. The van der Waals surface area contributed by atoms with Crippen LogP contribution in [0.15, 0.2) is 24.3 Å². The van der Waals surface area contributed by atoms with Crippen molar-refractivity contribution < 1.29 is 24.2 Å². The standard InChI is InChI=1S/C17H23NO5S/c1-22-7-3-8-23-15-5-2-4-13(10-15)17(21)18-6-9-24-12-14(18)11-16(19)20/h2,4-5,10,14H,3,6-9,11-12H2,1H3,(H,19,20). The quantitative estimate of drug-likeness (QED) is 0.722. The lowest BCUT2D eigenvalue weighted by Crippen LogP contribution is -2.47. The highest BCUT2D eigenvalue weighted by Crippen LogP contribution is 2.23. The number of carboxylic acids is 1. The predicted octanol–water partition coefficient (Wildman–Crippen LogP) is 2.13. The molecule has 0 saturated carbocycles. The molecular weight excluding hydrogens is 330 g/mol. The van der Waals surface area contributed by atoms with Crippen LogP contribution in [0.1, 0.15) is 23.2 Å². The van der Waals surface area contributed by atoms with E-state index in [1.807, 2.05) is 6.07 Å². The summed E-state index contributed by atoms with van der Waals surface area (Å²) in [7, 11) is 1.64. The van der Waals surface area contributed by atoms with E-state index >= 15 is 0 Å². The number of carbonyl (C=O) groups is 2. The van der Waals surface area contributed by atoms with Crippen molar-refractivity contribution in [3.63, 3.8) is 0 Å². The molecule has 1 aromatic rings. The number of rotatable bonds is 8. The summed E-state index contributed by atoms with van der Waals surface area (Å²) in [5.41, 5.74) is 0.529. The van der Waals surface area contributed by atoms with Crippen molar-refractivity contribution in [3.05, 3.63) is 29.8 Å². The Hall–Kier alpha value is -1.73. The number of carbonyl (C=O) groups excluding carboxylic acids is 1. The molecule has 1 aliphatic heterocycles. The monoisotopic (exact) mass is 353 g/mol. The number of ether oxygens (including phenoxy) is 2. The highest BCUT2D eigenvalue weighted by atomic mass is 32.2. The lowest BCUT2D eigenvalue weighted by molar-refractivity contribution is -0.138. The van der Waals surface area contributed by atoms with Crippen LogP contribution >= 0.6 is 11.8 Å². The normalized spacial score (nSPS) is 17.5. The molecule has 0 spiro atoms. The number of nitrogens with zero attached hydrogens (tertiary/aromatic N) is 1. The maximum atomic E-state index is 12.8. The number of thioether (sulfide) groups is 1. The van der Waals surface area contributed by atoms with Gasteiger partial charge >= 0.3 is 5.97 Å².